The monoisotopic (exact) mass is 310 g/mol. The first kappa shape index (κ1) is 16.0. The minimum atomic E-state index is 1.07. The van der Waals surface area contributed by atoms with E-state index in [1.807, 2.05) is 19.9 Å². The fourth-order valence-corrected chi connectivity index (χ4v) is 3.36. The van der Waals surface area contributed by atoms with Gasteiger partial charge in [-0.25, -0.2) is 0 Å². The third-order valence-corrected chi connectivity index (χ3v) is 4.33. The molecule has 24 heavy (non-hydrogen) atoms. The third-order valence-electron chi connectivity index (χ3n) is 4.33. The van der Waals surface area contributed by atoms with Crippen molar-refractivity contribution in [1.29, 1.82) is 0 Å². The molecule has 0 amide bonds. The van der Waals surface area contributed by atoms with Gasteiger partial charge < -0.3 is 0 Å². The van der Waals surface area contributed by atoms with Crippen molar-refractivity contribution < 1.29 is 0 Å². The molecule has 3 rings (SSSR count). The highest BCUT2D eigenvalue weighted by molar-refractivity contribution is 6.16. The largest absolute Gasteiger partial charge is 0.0990 e. The minimum absolute atomic E-state index is 1.07. The lowest BCUT2D eigenvalue weighted by Gasteiger charge is -2.14. The van der Waals surface area contributed by atoms with Crippen LogP contribution in [0.2, 0.25) is 0 Å². The van der Waals surface area contributed by atoms with Gasteiger partial charge in [-0.3, -0.25) is 0 Å². The highest BCUT2D eigenvalue weighted by Crippen LogP contribution is 2.33. The van der Waals surface area contributed by atoms with Crippen molar-refractivity contribution >= 4 is 39.8 Å². The van der Waals surface area contributed by atoms with Crippen LogP contribution in [0.5, 0.6) is 0 Å². The van der Waals surface area contributed by atoms with E-state index in [9.17, 15) is 0 Å². The van der Waals surface area contributed by atoms with Crippen molar-refractivity contribution in [3.05, 3.63) is 89.7 Å². The van der Waals surface area contributed by atoms with Gasteiger partial charge in [-0.15, -0.1) is 0 Å². The molecule has 0 unspecified atom stereocenters. The number of rotatable bonds is 4. The molecular weight excluding hydrogens is 288 g/mol. The first-order valence-electron chi connectivity index (χ1n) is 8.26. The standard InChI is InChI=1S/C24H22/c1-5-8-18(9-6-2)21-15-13-20-12-11-17(4)23-19(10-7-3)14-16-22(21)24(20)23/h5-16H,1,4H2,2-3H3/b9-6-,10-7-,18-8+. The lowest BCUT2D eigenvalue weighted by atomic mass is 9.90. The second-order valence-electron chi connectivity index (χ2n) is 5.87. The van der Waals surface area contributed by atoms with Gasteiger partial charge in [-0.05, 0) is 57.3 Å². The summed E-state index contributed by atoms with van der Waals surface area (Å²) >= 11 is 0. The summed E-state index contributed by atoms with van der Waals surface area (Å²) in [6.45, 7) is 12.2. The Morgan fingerprint density at radius 2 is 1.71 bits per heavy atom. The van der Waals surface area contributed by atoms with E-state index in [4.69, 9.17) is 0 Å². The topological polar surface area (TPSA) is 0 Å². The lowest BCUT2D eigenvalue weighted by Crippen LogP contribution is -2.02. The van der Waals surface area contributed by atoms with Gasteiger partial charge in [0.25, 0.3) is 0 Å². The number of hydrogen-bond donors (Lipinski definition) is 0. The van der Waals surface area contributed by atoms with Gasteiger partial charge in [-0.1, -0.05) is 86.0 Å². The van der Waals surface area contributed by atoms with E-state index in [0.29, 0.717) is 0 Å². The number of hydrogen-bond acceptors (Lipinski definition) is 0. The van der Waals surface area contributed by atoms with Gasteiger partial charge in [0, 0.05) is 0 Å². The SMILES string of the molecule is C=C/C=C(\C=C/C)c1ccc2ccc(=C)c3c(/C=C\C)ccc1c23. The van der Waals surface area contributed by atoms with E-state index in [0.717, 1.165) is 5.22 Å². The summed E-state index contributed by atoms with van der Waals surface area (Å²) in [5.41, 5.74) is 3.62. The molecule has 118 valence electrons. The van der Waals surface area contributed by atoms with E-state index in [1.54, 1.807) is 0 Å². The molecule has 3 aromatic rings. The number of benzene rings is 3. The zero-order valence-corrected chi connectivity index (χ0v) is 14.3. The molecule has 0 fully saturated rings. The average molecular weight is 310 g/mol. The normalized spacial score (nSPS) is 12.8. The number of allylic oxidation sites excluding steroid dienone is 6. The molecule has 0 radical (unpaired) electrons. The Morgan fingerprint density at radius 1 is 0.917 bits per heavy atom. The molecule has 0 aliphatic rings. The van der Waals surface area contributed by atoms with Crippen molar-refractivity contribution in [2.24, 2.45) is 0 Å². The summed E-state index contributed by atoms with van der Waals surface area (Å²) in [4.78, 5) is 0. The van der Waals surface area contributed by atoms with E-state index >= 15 is 0 Å². The van der Waals surface area contributed by atoms with Gasteiger partial charge in [0.05, 0.1) is 0 Å². The Kier molecular flexibility index (Phi) is 4.48. The highest BCUT2D eigenvalue weighted by Gasteiger charge is 2.11. The van der Waals surface area contributed by atoms with E-state index < -0.39 is 0 Å². The van der Waals surface area contributed by atoms with Crippen molar-refractivity contribution in [3.63, 3.8) is 0 Å². The Hall–Kier alpha value is -2.86. The molecule has 0 heteroatoms. The first-order chi connectivity index (χ1) is 11.7. The van der Waals surface area contributed by atoms with Crippen LogP contribution in [-0.4, -0.2) is 0 Å². The summed E-state index contributed by atoms with van der Waals surface area (Å²) in [6.07, 6.45) is 12.3. The van der Waals surface area contributed by atoms with Gasteiger partial charge in [0.15, 0.2) is 0 Å². The molecule has 0 bridgehead atoms. The predicted octanol–water partition coefficient (Wildman–Crippen LogP) is 6.30. The zero-order valence-electron chi connectivity index (χ0n) is 14.3. The third kappa shape index (κ3) is 2.61. The van der Waals surface area contributed by atoms with E-state index in [-0.39, 0.29) is 0 Å². The Bertz CT molecular complexity index is 1040. The molecule has 0 nitrogen and oxygen atoms in total. The molecular formula is C24H22. The second kappa shape index (κ2) is 6.72. The fourth-order valence-electron chi connectivity index (χ4n) is 3.36. The molecule has 0 saturated heterocycles. The molecule has 3 aromatic carbocycles. The van der Waals surface area contributed by atoms with Crippen LogP contribution in [0.25, 0.3) is 39.8 Å². The van der Waals surface area contributed by atoms with Crippen molar-refractivity contribution in [2.75, 3.05) is 0 Å². The van der Waals surface area contributed by atoms with E-state index in [1.165, 1.54) is 38.2 Å². The van der Waals surface area contributed by atoms with Crippen LogP contribution in [0.15, 0.2) is 73.4 Å². The summed E-state index contributed by atoms with van der Waals surface area (Å²) in [7, 11) is 0. The summed E-state index contributed by atoms with van der Waals surface area (Å²) in [5, 5.41) is 6.10. The second-order valence-corrected chi connectivity index (χ2v) is 5.87. The average Bonchev–Trinajstić information content (AvgIpc) is 2.59. The minimum Gasteiger partial charge on any atom is -0.0990 e. The molecule has 0 aliphatic carbocycles. The molecule has 0 atom stereocenters. The Labute approximate surface area is 143 Å². The van der Waals surface area contributed by atoms with Gasteiger partial charge in [0.2, 0.25) is 0 Å². The van der Waals surface area contributed by atoms with Crippen LogP contribution in [0.4, 0.5) is 0 Å². The Morgan fingerprint density at radius 3 is 2.42 bits per heavy atom. The van der Waals surface area contributed by atoms with Crippen LogP contribution in [0.3, 0.4) is 0 Å². The van der Waals surface area contributed by atoms with Crippen LogP contribution in [0, 0.1) is 0 Å². The maximum absolute atomic E-state index is 4.26. The molecule has 0 aliphatic heterocycles. The van der Waals surface area contributed by atoms with E-state index in [2.05, 4.69) is 79.9 Å². The van der Waals surface area contributed by atoms with Crippen LogP contribution in [-0.2, 0) is 0 Å². The summed E-state index contributed by atoms with van der Waals surface area (Å²) in [5.74, 6) is 0. The maximum Gasteiger partial charge on any atom is -0.00208 e. The van der Waals surface area contributed by atoms with Crippen LogP contribution in [0.1, 0.15) is 25.0 Å². The molecule has 0 heterocycles. The molecule has 0 saturated carbocycles. The summed E-state index contributed by atoms with van der Waals surface area (Å²) < 4.78 is 0. The summed E-state index contributed by atoms with van der Waals surface area (Å²) in [6, 6.07) is 13.1. The van der Waals surface area contributed by atoms with Gasteiger partial charge in [0.1, 0.15) is 0 Å². The Balaban J connectivity index is 2.50. The molecule has 0 spiro atoms. The molecule has 0 N–H and O–H groups in total. The zero-order chi connectivity index (χ0) is 17.1. The van der Waals surface area contributed by atoms with Crippen molar-refractivity contribution in [3.8, 4) is 0 Å². The van der Waals surface area contributed by atoms with Gasteiger partial charge >= 0.3 is 0 Å². The lowest BCUT2D eigenvalue weighted by molar-refractivity contribution is 1.64. The maximum atomic E-state index is 4.26. The van der Waals surface area contributed by atoms with Crippen molar-refractivity contribution in [2.45, 2.75) is 13.8 Å². The highest BCUT2D eigenvalue weighted by atomic mass is 14.1. The predicted molar refractivity (Wildman–Crippen MR) is 110 cm³/mol. The fraction of sp³-hybridized carbons (Fsp3) is 0.0833. The molecule has 0 aromatic heterocycles. The quantitative estimate of drug-likeness (QED) is 0.496. The van der Waals surface area contributed by atoms with Crippen LogP contribution < -0.4 is 5.22 Å². The first-order valence-corrected chi connectivity index (χ1v) is 8.26. The smallest absolute Gasteiger partial charge is 0.00208 e. The van der Waals surface area contributed by atoms with Gasteiger partial charge in [-0.2, -0.15) is 0 Å². The van der Waals surface area contributed by atoms with Crippen LogP contribution >= 0.6 is 0 Å². The van der Waals surface area contributed by atoms with Crippen molar-refractivity contribution in [1.82, 2.24) is 0 Å².